The summed E-state index contributed by atoms with van der Waals surface area (Å²) < 4.78 is 0. The normalized spacial score (nSPS) is 14.4. The molecule has 2 aromatic rings. The number of rotatable bonds is 6. The minimum Gasteiger partial charge on any atom is -0.353 e. The largest absolute Gasteiger partial charge is 0.353 e. The lowest BCUT2D eigenvalue weighted by Gasteiger charge is -2.35. The molecule has 2 aromatic heterocycles. The average molecular weight is 340 g/mol. The first-order chi connectivity index (χ1) is 12.3. The van der Waals surface area contributed by atoms with Gasteiger partial charge in [-0.1, -0.05) is 19.4 Å². The second kappa shape index (κ2) is 8.41. The van der Waals surface area contributed by atoms with E-state index in [1.807, 2.05) is 24.4 Å². The van der Waals surface area contributed by atoms with Gasteiger partial charge < -0.3 is 15.1 Å². The Labute approximate surface area is 148 Å². The van der Waals surface area contributed by atoms with E-state index in [0.29, 0.717) is 12.2 Å². The van der Waals surface area contributed by atoms with Crippen LogP contribution in [0.4, 0.5) is 11.6 Å². The van der Waals surface area contributed by atoms with Gasteiger partial charge in [0.25, 0.3) is 5.91 Å². The molecule has 7 nitrogen and oxygen atoms in total. The van der Waals surface area contributed by atoms with Crippen LogP contribution in [0, 0.1) is 0 Å². The fourth-order valence-electron chi connectivity index (χ4n) is 2.78. The van der Waals surface area contributed by atoms with E-state index in [1.165, 1.54) is 0 Å². The van der Waals surface area contributed by atoms with Gasteiger partial charge in [0.2, 0.25) is 0 Å². The van der Waals surface area contributed by atoms with Crippen molar-refractivity contribution in [1.82, 2.24) is 20.3 Å². The molecule has 132 valence electrons. The van der Waals surface area contributed by atoms with E-state index in [0.717, 1.165) is 50.7 Å². The van der Waals surface area contributed by atoms with Crippen LogP contribution in [-0.4, -0.2) is 53.6 Å². The number of pyridine rings is 1. The quantitative estimate of drug-likeness (QED) is 0.807. The molecule has 1 saturated heterocycles. The molecule has 0 bridgehead atoms. The lowest BCUT2D eigenvalue weighted by Crippen LogP contribution is -2.47. The maximum Gasteiger partial charge on any atom is 0.271 e. The van der Waals surface area contributed by atoms with Crippen molar-refractivity contribution < 1.29 is 4.79 Å². The van der Waals surface area contributed by atoms with Gasteiger partial charge in [-0.25, -0.2) is 15.0 Å². The second-order valence-electron chi connectivity index (χ2n) is 6.03. The maximum atomic E-state index is 12.0. The van der Waals surface area contributed by atoms with Crippen molar-refractivity contribution in [2.75, 3.05) is 42.5 Å². The van der Waals surface area contributed by atoms with E-state index in [1.54, 1.807) is 12.4 Å². The Kier molecular flexibility index (Phi) is 5.77. The molecule has 0 aliphatic carbocycles. The maximum absolute atomic E-state index is 12.0. The number of aromatic nitrogens is 3. The van der Waals surface area contributed by atoms with Crippen LogP contribution in [-0.2, 0) is 0 Å². The molecule has 1 amide bonds. The Morgan fingerprint density at radius 1 is 1.04 bits per heavy atom. The first-order valence-corrected chi connectivity index (χ1v) is 8.79. The van der Waals surface area contributed by atoms with Crippen molar-refractivity contribution in [1.29, 1.82) is 0 Å². The van der Waals surface area contributed by atoms with Crippen LogP contribution in [0.25, 0.3) is 0 Å². The van der Waals surface area contributed by atoms with Gasteiger partial charge in [0.1, 0.15) is 17.3 Å². The van der Waals surface area contributed by atoms with Crippen molar-refractivity contribution >= 4 is 17.5 Å². The molecule has 0 unspecified atom stereocenters. The van der Waals surface area contributed by atoms with Crippen LogP contribution >= 0.6 is 0 Å². The zero-order valence-electron chi connectivity index (χ0n) is 14.6. The second-order valence-corrected chi connectivity index (χ2v) is 6.03. The number of anilines is 2. The van der Waals surface area contributed by atoms with Gasteiger partial charge in [0.05, 0.1) is 12.4 Å². The molecule has 25 heavy (non-hydrogen) atoms. The van der Waals surface area contributed by atoms with Crippen LogP contribution in [0.5, 0.6) is 0 Å². The van der Waals surface area contributed by atoms with Gasteiger partial charge >= 0.3 is 0 Å². The number of carbonyl (C=O) groups excluding carboxylic acids is 1. The lowest BCUT2D eigenvalue weighted by molar-refractivity contribution is 0.0948. The van der Waals surface area contributed by atoms with Crippen LogP contribution in [0.15, 0.2) is 36.8 Å². The summed E-state index contributed by atoms with van der Waals surface area (Å²) in [6, 6.07) is 5.96. The minimum atomic E-state index is -0.160. The molecule has 0 aromatic carbocycles. The predicted molar refractivity (Wildman–Crippen MR) is 97.9 cm³/mol. The number of nitrogens with zero attached hydrogens (tertiary/aromatic N) is 5. The minimum absolute atomic E-state index is 0.160. The number of piperazine rings is 1. The Balaban J connectivity index is 1.54. The summed E-state index contributed by atoms with van der Waals surface area (Å²) in [6.07, 6.45) is 7.08. The van der Waals surface area contributed by atoms with Gasteiger partial charge in [0.15, 0.2) is 0 Å². The van der Waals surface area contributed by atoms with Crippen molar-refractivity contribution in [2.24, 2.45) is 0 Å². The molecule has 1 fully saturated rings. The number of hydrogen-bond donors (Lipinski definition) is 1. The topological polar surface area (TPSA) is 74.2 Å². The summed E-state index contributed by atoms with van der Waals surface area (Å²) in [5.74, 6) is 1.66. The highest BCUT2D eigenvalue weighted by molar-refractivity contribution is 5.91. The molecule has 3 heterocycles. The van der Waals surface area contributed by atoms with E-state index >= 15 is 0 Å². The Morgan fingerprint density at radius 3 is 2.40 bits per heavy atom. The number of nitrogens with one attached hydrogen (secondary N) is 1. The summed E-state index contributed by atoms with van der Waals surface area (Å²) in [5, 5.41) is 2.85. The third kappa shape index (κ3) is 4.43. The van der Waals surface area contributed by atoms with Gasteiger partial charge in [-0.2, -0.15) is 0 Å². The smallest absolute Gasteiger partial charge is 0.271 e. The van der Waals surface area contributed by atoms with Crippen LogP contribution in [0.2, 0.25) is 0 Å². The zero-order chi connectivity index (χ0) is 17.5. The van der Waals surface area contributed by atoms with Gasteiger partial charge in [0, 0.05) is 38.9 Å². The van der Waals surface area contributed by atoms with Crippen molar-refractivity contribution in [3.05, 3.63) is 42.5 Å². The van der Waals surface area contributed by atoms with E-state index in [9.17, 15) is 4.79 Å². The lowest BCUT2D eigenvalue weighted by atomic mass is 10.3. The predicted octanol–water partition coefficient (Wildman–Crippen LogP) is 1.73. The molecule has 1 N–H and O–H groups in total. The van der Waals surface area contributed by atoms with E-state index < -0.39 is 0 Å². The first-order valence-electron chi connectivity index (χ1n) is 8.79. The van der Waals surface area contributed by atoms with Gasteiger partial charge in [-0.15, -0.1) is 0 Å². The summed E-state index contributed by atoms with van der Waals surface area (Å²) in [6.45, 7) is 6.25. The highest BCUT2D eigenvalue weighted by atomic mass is 16.1. The van der Waals surface area contributed by atoms with E-state index in [4.69, 9.17) is 0 Å². The molecule has 0 radical (unpaired) electrons. The number of carbonyl (C=O) groups is 1. The van der Waals surface area contributed by atoms with Crippen molar-refractivity contribution in [3.8, 4) is 0 Å². The standard InChI is InChI=1S/C18H24N6O/c1-2-3-7-20-18(25)15-13-22-17(14-21-15)24-11-9-23(10-12-24)16-6-4-5-8-19-16/h4-6,8,13-14H,2-3,7,9-12H2,1H3,(H,20,25). The molecule has 7 heteroatoms. The fraction of sp³-hybridized carbons (Fsp3) is 0.444. The monoisotopic (exact) mass is 340 g/mol. The molecule has 3 rings (SSSR count). The molecule has 1 aliphatic rings. The van der Waals surface area contributed by atoms with Gasteiger partial charge in [-0.3, -0.25) is 4.79 Å². The molecule has 1 aliphatic heterocycles. The summed E-state index contributed by atoms with van der Waals surface area (Å²) in [5.41, 5.74) is 0.368. The third-order valence-electron chi connectivity index (χ3n) is 4.26. The van der Waals surface area contributed by atoms with Crippen LogP contribution in [0.3, 0.4) is 0 Å². The third-order valence-corrected chi connectivity index (χ3v) is 4.26. The fourth-order valence-corrected chi connectivity index (χ4v) is 2.78. The Morgan fingerprint density at radius 2 is 1.80 bits per heavy atom. The van der Waals surface area contributed by atoms with E-state index in [2.05, 4.69) is 37.0 Å². The molecular formula is C18H24N6O. The van der Waals surface area contributed by atoms with E-state index in [-0.39, 0.29) is 5.91 Å². The molecule has 0 saturated carbocycles. The van der Waals surface area contributed by atoms with Crippen LogP contribution in [0.1, 0.15) is 30.3 Å². The van der Waals surface area contributed by atoms with Crippen molar-refractivity contribution in [3.63, 3.8) is 0 Å². The first kappa shape index (κ1) is 17.1. The SMILES string of the molecule is CCCCNC(=O)c1cnc(N2CCN(c3ccccn3)CC2)cn1. The Bertz CT molecular complexity index is 668. The van der Waals surface area contributed by atoms with Crippen molar-refractivity contribution in [2.45, 2.75) is 19.8 Å². The molecule has 0 atom stereocenters. The number of unbranched alkanes of at least 4 members (excludes halogenated alkanes) is 1. The number of amides is 1. The zero-order valence-corrected chi connectivity index (χ0v) is 14.6. The van der Waals surface area contributed by atoms with Gasteiger partial charge in [-0.05, 0) is 18.6 Å². The number of hydrogen-bond acceptors (Lipinski definition) is 6. The highest BCUT2D eigenvalue weighted by Gasteiger charge is 2.19. The average Bonchev–Trinajstić information content (AvgIpc) is 2.69. The van der Waals surface area contributed by atoms with Crippen LogP contribution < -0.4 is 15.1 Å². The molecular weight excluding hydrogens is 316 g/mol. The Hall–Kier alpha value is -2.70. The highest BCUT2D eigenvalue weighted by Crippen LogP contribution is 2.16. The summed E-state index contributed by atoms with van der Waals surface area (Å²) in [4.78, 5) is 29.5. The summed E-state index contributed by atoms with van der Waals surface area (Å²) >= 11 is 0. The molecule has 0 spiro atoms. The summed E-state index contributed by atoms with van der Waals surface area (Å²) in [7, 11) is 0.